The number of thiophene rings is 1. The molecule has 0 aromatic carbocycles. The van der Waals surface area contributed by atoms with Crippen molar-refractivity contribution < 1.29 is 4.79 Å². The SMILES string of the molecule is CCCc1cc(C(=O)N[C@@H](C)C23CC4CC(CC(C4)C2)C3)sc1C. The van der Waals surface area contributed by atoms with Crippen LogP contribution in [0.15, 0.2) is 6.07 Å². The summed E-state index contributed by atoms with van der Waals surface area (Å²) in [4.78, 5) is 15.0. The van der Waals surface area contributed by atoms with E-state index < -0.39 is 0 Å². The molecule has 5 rings (SSSR count). The van der Waals surface area contributed by atoms with Gasteiger partial charge in [0.15, 0.2) is 0 Å². The van der Waals surface area contributed by atoms with E-state index >= 15 is 0 Å². The average Bonchev–Trinajstić information content (AvgIpc) is 2.87. The highest BCUT2D eigenvalue weighted by molar-refractivity contribution is 7.14. The molecule has 1 amide bonds. The van der Waals surface area contributed by atoms with Gasteiger partial charge in [0.1, 0.15) is 0 Å². The standard InChI is InChI=1S/C21H31NOS/c1-4-5-18-9-19(24-13(18)2)20(23)22-14(3)21-10-15-6-16(11-21)8-17(7-15)12-21/h9,14-17H,4-8,10-12H2,1-3H3,(H,22,23)/t14-,15?,16?,17?,21?/m0/s1. The second-order valence-corrected chi connectivity index (χ2v) is 10.2. The van der Waals surface area contributed by atoms with Gasteiger partial charge in [-0.2, -0.15) is 0 Å². The van der Waals surface area contributed by atoms with Crippen LogP contribution in [0, 0.1) is 30.1 Å². The summed E-state index contributed by atoms with van der Waals surface area (Å²) in [6.07, 6.45) is 10.7. The van der Waals surface area contributed by atoms with E-state index in [1.165, 1.54) is 49.0 Å². The smallest absolute Gasteiger partial charge is 0.261 e. The van der Waals surface area contributed by atoms with Crippen molar-refractivity contribution in [3.63, 3.8) is 0 Å². The summed E-state index contributed by atoms with van der Waals surface area (Å²) in [5, 5.41) is 3.41. The second kappa shape index (κ2) is 6.16. The van der Waals surface area contributed by atoms with E-state index in [1.54, 1.807) is 11.3 Å². The summed E-state index contributed by atoms with van der Waals surface area (Å²) in [5.74, 6) is 2.98. The molecule has 24 heavy (non-hydrogen) atoms. The monoisotopic (exact) mass is 345 g/mol. The molecule has 0 aliphatic heterocycles. The Labute approximate surface area is 150 Å². The topological polar surface area (TPSA) is 29.1 Å². The minimum atomic E-state index is 0.161. The van der Waals surface area contributed by atoms with Gasteiger partial charge in [-0.1, -0.05) is 13.3 Å². The summed E-state index contributed by atoms with van der Waals surface area (Å²) >= 11 is 1.67. The molecule has 4 bridgehead atoms. The second-order valence-electron chi connectivity index (χ2n) is 8.92. The fraction of sp³-hybridized carbons (Fsp3) is 0.762. The number of hydrogen-bond acceptors (Lipinski definition) is 2. The molecule has 0 unspecified atom stereocenters. The summed E-state index contributed by atoms with van der Waals surface area (Å²) < 4.78 is 0. The van der Waals surface area contributed by atoms with Gasteiger partial charge in [0.05, 0.1) is 4.88 Å². The molecule has 2 nitrogen and oxygen atoms in total. The Morgan fingerprint density at radius 1 is 1.25 bits per heavy atom. The molecule has 132 valence electrons. The van der Waals surface area contributed by atoms with E-state index in [-0.39, 0.29) is 5.91 Å². The molecular weight excluding hydrogens is 314 g/mol. The van der Waals surface area contributed by atoms with Crippen LogP contribution in [0.2, 0.25) is 0 Å². The molecule has 4 aliphatic rings. The lowest BCUT2D eigenvalue weighted by Crippen LogP contribution is -2.55. The van der Waals surface area contributed by atoms with Crippen LogP contribution in [0.25, 0.3) is 0 Å². The lowest BCUT2D eigenvalue weighted by molar-refractivity contribution is -0.0687. The average molecular weight is 346 g/mol. The Balaban J connectivity index is 1.47. The number of aryl methyl sites for hydroxylation is 2. The number of hydrogen-bond donors (Lipinski definition) is 1. The van der Waals surface area contributed by atoms with E-state index in [2.05, 4.69) is 32.2 Å². The maximum absolute atomic E-state index is 12.8. The van der Waals surface area contributed by atoms with Gasteiger partial charge in [-0.3, -0.25) is 4.79 Å². The third-order valence-corrected chi connectivity index (χ3v) is 8.21. The third-order valence-electron chi connectivity index (χ3n) is 7.12. The Bertz CT molecular complexity index is 596. The highest BCUT2D eigenvalue weighted by atomic mass is 32.1. The van der Waals surface area contributed by atoms with Crippen molar-refractivity contribution in [2.75, 3.05) is 0 Å². The Kier molecular flexibility index (Phi) is 4.27. The van der Waals surface area contributed by atoms with Crippen LogP contribution in [0.3, 0.4) is 0 Å². The third kappa shape index (κ3) is 2.83. The van der Waals surface area contributed by atoms with E-state index in [4.69, 9.17) is 0 Å². The molecule has 0 saturated heterocycles. The molecule has 0 radical (unpaired) electrons. The van der Waals surface area contributed by atoms with Gasteiger partial charge >= 0.3 is 0 Å². The van der Waals surface area contributed by atoms with Crippen LogP contribution in [0.5, 0.6) is 0 Å². The van der Waals surface area contributed by atoms with Crippen molar-refractivity contribution in [3.8, 4) is 0 Å². The summed E-state index contributed by atoms with van der Waals surface area (Å²) in [5.41, 5.74) is 1.75. The first-order valence-corrected chi connectivity index (χ1v) is 10.7. The molecule has 4 fully saturated rings. The molecule has 4 saturated carbocycles. The van der Waals surface area contributed by atoms with E-state index in [0.29, 0.717) is 11.5 Å². The van der Waals surface area contributed by atoms with Gasteiger partial charge in [-0.15, -0.1) is 11.3 Å². The van der Waals surface area contributed by atoms with E-state index in [9.17, 15) is 4.79 Å². The number of rotatable bonds is 5. The van der Waals surface area contributed by atoms with E-state index in [1.807, 2.05) is 0 Å². The zero-order valence-electron chi connectivity index (χ0n) is 15.4. The quantitative estimate of drug-likeness (QED) is 0.766. The lowest BCUT2D eigenvalue weighted by Gasteiger charge is -2.59. The van der Waals surface area contributed by atoms with Crippen molar-refractivity contribution in [1.82, 2.24) is 5.32 Å². The normalized spacial score (nSPS) is 35.2. The predicted molar refractivity (Wildman–Crippen MR) is 101 cm³/mol. The molecule has 4 aliphatic carbocycles. The molecule has 1 N–H and O–H groups in total. The van der Waals surface area contributed by atoms with Crippen LogP contribution < -0.4 is 5.32 Å². The molecule has 1 atom stereocenters. The molecule has 0 spiro atoms. The number of amides is 1. The maximum atomic E-state index is 12.8. The Hall–Kier alpha value is -0.830. The zero-order valence-corrected chi connectivity index (χ0v) is 16.2. The van der Waals surface area contributed by atoms with Crippen LogP contribution in [0.1, 0.15) is 78.9 Å². The first kappa shape index (κ1) is 16.6. The van der Waals surface area contributed by atoms with Crippen LogP contribution in [-0.4, -0.2) is 11.9 Å². The summed E-state index contributed by atoms with van der Waals surface area (Å²) in [7, 11) is 0. The van der Waals surface area contributed by atoms with Crippen LogP contribution in [-0.2, 0) is 6.42 Å². The fourth-order valence-electron chi connectivity index (χ4n) is 6.28. The number of carbonyl (C=O) groups is 1. The van der Waals surface area contributed by atoms with Crippen LogP contribution in [0.4, 0.5) is 0 Å². The summed E-state index contributed by atoms with van der Waals surface area (Å²) in [6, 6.07) is 2.45. The molecule has 1 heterocycles. The molecule has 1 aromatic rings. The predicted octanol–water partition coefficient (Wildman–Crippen LogP) is 5.34. The van der Waals surface area contributed by atoms with E-state index in [0.717, 1.165) is 35.5 Å². The van der Waals surface area contributed by atoms with Gasteiger partial charge in [0.2, 0.25) is 0 Å². The first-order valence-electron chi connectivity index (χ1n) is 9.89. The lowest BCUT2D eigenvalue weighted by atomic mass is 9.48. The van der Waals surface area contributed by atoms with Gasteiger partial charge in [0, 0.05) is 10.9 Å². The maximum Gasteiger partial charge on any atom is 0.261 e. The van der Waals surface area contributed by atoms with Crippen molar-refractivity contribution >= 4 is 17.2 Å². The number of carbonyl (C=O) groups excluding carboxylic acids is 1. The van der Waals surface area contributed by atoms with Crippen molar-refractivity contribution in [1.29, 1.82) is 0 Å². The first-order chi connectivity index (χ1) is 11.5. The Morgan fingerprint density at radius 2 is 1.83 bits per heavy atom. The van der Waals surface area contributed by atoms with Gasteiger partial charge in [-0.25, -0.2) is 0 Å². The van der Waals surface area contributed by atoms with Crippen molar-refractivity contribution in [2.24, 2.45) is 23.2 Å². The van der Waals surface area contributed by atoms with Gasteiger partial charge < -0.3 is 5.32 Å². The highest BCUT2D eigenvalue weighted by Crippen LogP contribution is 2.61. The summed E-state index contributed by atoms with van der Waals surface area (Å²) in [6.45, 7) is 6.62. The minimum absolute atomic E-state index is 0.161. The van der Waals surface area contributed by atoms with Gasteiger partial charge in [-0.05, 0) is 93.6 Å². The molecule has 3 heteroatoms. The number of nitrogens with one attached hydrogen (secondary N) is 1. The highest BCUT2D eigenvalue weighted by Gasteiger charge is 2.53. The van der Waals surface area contributed by atoms with Crippen LogP contribution >= 0.6 is 11.3 Å². The molecule has 1 aromatic heterocycles. The largest absolute Gasteiger partial charge is 0.348 e. The fourth-order valence-corrected chi connectivity index (χ4v) is 7.25. The molecular formula is C21H31NOS. The van der Waals surface area contributed by atoms with Crippen molar-refractivity contribution in [3.05, 3.63) is 21.4 Å². The van der Waals surface area contributed by atoms with Crippen molar-refractivity contribution in [2.45, 2.75) is 78.2 Å². The zero-order chi connectivity index (χ0) is 16.9. The van der Waals surface area contributed by atoms with Gasteiger partial charge in [0.25, 0.3) is 5.91 Å². The minimum Gasteiger partial charge on any atom is -0.348 e. The Morgan fingerprint density at radius 3 is 2.38 bits per heavy atom.